The standard InChI is InChI=1S/C36H20N2O3/c39-35-26-7-2-4-10-32(26)40-33-16-13-22(18-29(33)35)21-11-14-23(15-12-21)38-30-9-3-1-6-24(30)27-19-28-25-8-5-17-37-36(25)41-34(28)20-31(27)38/h1-20H. The van der Waals surface area contributed by atoms with Crippen molar-refractivity contribution in [3.8, 4) is 16.8 Å². The van der Waals surface area contributed by atoms with Crippen LogP contribution < -0.4 is 5.43 Å². The molecule has 41 heavy (non-hydrogen) atoms. The van der Waals surface area contributed by atoms with Gasteiger partial charge in [-0.1, -0.05) is 48.5 Å². The number of fused-ring (bicyclic) bond motifs is 8. The van der Waals surface area contributed by atoms with E-state index >= 15 is 0 Å². The number of hydrogen-bond donors (Lipinski definition) is 0. The zero-order valence-corrected chi connectivity index (χ0v) is 21.7. The predicted octanol–water partition coefficient (Wildman–Crippen LogP) is 9.00. The largest absolute Gasteiger partial charge is 0.456 e. The Kier molecular flexibility index (Phi) is 4.41. The summed E-state index contributed by atoms with van der Waals surface area (Å²) in [5.41, 5.74) is 7.86. The van der Waals surface area contributed by atoms with Gasteiger partial charge in [0.15, 0.2) is 0 Å². The van der Waals surface area contributed by atoms with Crippen LogP contribution in [0, 0.1) is 0 Å². The fraction of sp³-hybridized carbons (Fsp3) is 0. The van der Waals surface area contributed by atoms with E-state index in [0.29, 0.717) is 27.7 Å². The van der Waals surface area contributed by atoms with Crippen molar-refractivity contribution in [2.45, 2.75) is 0 Å². The van der Waals surface area contributed by atoms with Crippen LogP contribution in [0.25, 0.3) is 82.6 Å². The molecule has 0 aliphatic carbocycles. The molecule has 0 spiro atoms. The summed E-state index contributed by atoms with van der Waals surface area (Å²) >= 11 is 0. The molecule has 0 aliphatic rings. The van der Waals surface area contributed by atoms with Crippen LogP contribution in [-0.2, 0) is 0 Å². The minimum atomic E-state index is -0.0160. The Morgan fingerprint density at radius 1 is 0.512 bits per heavy atom. The van der Waals surface area contributed by atoms with Crippen molar-refractivity contribution < 1.29 is 8.83 Å². The lowest BCUT2D eigenvalue weighted by atomic mass is 10.0. The summed E-state index contributed by atoms with van der Waals surface area (Å²) in [5.74, 6) is 0. The third kappa shape index (κ3) is 3.17. The van der Waals surface area contributed by atoms with E-state index in [2.05, 4.69) is 76.3 Å². The third-order valence-electron chi connectivity index (χ3n) is 8.08. The zero-order chi connectivity index (χ0) is 27.1. The molecule has 4 heterocycles. The van der Waals surface area contributed by atoms with E-state index < -0.39 is 0 Å². The van der Waals surface area contributed by atoms with Gasteiger partial charge in [-0.2, -0.15) is 0 Å². The number of pyridine rings is 1. The van der Waals surface area contributed by atoms with Crippen molar-refractivity contribution in [2.24, 2.45) is 0 Å². The molecule has 0 atom stereocenters. The molecule has 192 valence electrons. The Morgan fingerprint density at radius 2 is 1.27 bits per heavy atom. The summed E-state index contributed by atoms with van der Waals surface area (Å²) in [6, 6.07) is 38.4. The normalized spacial score (nSPS) is 12.0. The van der Waals surface area contributed by atoms with Gasteiger partial charge in [0, 0.05) is 39.5 Å². The fourth-order valence-electron chi connectivity index (χ4n) is 6.14. The molecule has 0 saturated carbocycles. The Hall–Kier alpha value is -5.68. The summed E-state index contributed by atoms with van der Waals surface area (Å²) < 4.78 is 14.4. The quantitative estimate of drug-likeness (QED) is 0.210. The van der Waals surface area contributed by atoms with Crippen LogP contribution in [0.1, 0.15) is 0 Å². The van der Waals surface area contributed by atoms with Crippen molar-refractivity contribution in [2.75, 3.05) is 0 Å². The Morgan fingerprint density at radius 3 is 2.17 bits per heavy atom. The highest BCUT2D eigenvalue weighted by molar-refractivity contribution is 6.17. The number of aromatic nitrogens is 2. The molecular weight excluding hydrogens is 508 g/mol. The molecule has 0 radical (unpaired) electrons. The summed E-state index contributed by atoms with van der Waals surface area (Å²) in [6.07, 6.45) is 1.76. The summed E-state index contributed by atoms with van der Waals surface area (Å²) in [4.78, 5) is 17.6. The second-order valence-electron chi connectivity index (χ2n) is 10.4. The zero-order valence-electron chi connectivity index (χ0n) is 21.7. The average molecular weight is 529 g/mol. The van der Waals surface area contributed by atoms with Gasteiger partial charge in [-0.05, 0) is 71.8 Å². The first-order valence-corrected chi connectivity index (χ1v) is 13.5. The first-order valence-electron chi connectivity index (χ1n) is 13.5. The highest BCUT2D eigenvalue weighted by Gasteiger charge is 2.17. The van der Waals surface area contributed by atoms with E-state index in [1.54, 1.807) is 6.20 Å². The van der Waals surface area contributed by atoms with E-state index in [1.807, 2.05) is 48.5 Å². The van der Waals surface area contributed by atoms with Crippen LogP contribution in [0.15, 0.2) is 135 Å². The van der Waals surface area contributed by atoms with E-state index in [1.165, 1.54) is 5.39 Å². The lowest BCUT2D eigenvalue weighted by Gasteiger charge is -2.10. The Labute approximate surface area is 232 Å². The van der Waals surface area contributed by atoms with Gasteiger partial charge in [-0.15, -0.1) is 0 Å². The van der Waals surface area contributed by atoms with E-state index in [9.17, 15) is 4.79 Å². The summed E-state index contributed by atoms with van der Waals surface area (Å²) in [6.45, 7) is 0. The van der Waals surface area contributed by atoms with Crippen molar-refractivity contribution in [1.82, 2.24) is 9.55 Å². The maximum Gasteiger partial charge on any atom is 0.227 e. The van der Waals surface area contributed by atoms with Crippen LogP contribution >= 0.6 is 0 Å². The monoisotopic (exact) mass is 528 g/mol. The molecule has 5 heteroatoms. The van der Waals surface area contributed by atoms with E-state index in [4.69, 9.17) is 8.83 Å². The van der Waals surface area contributed by atoms with Crippen LogP contribution in [0.2, 0.25) is 0 Å². The fourth-order valence-corrected chi connectivity index (χ4v) is 6.14. The van der Waals surface area contributed by atoms with E-state index in [-0.39, 0.29) is 5.43 Å². The van der Waals surface area contributed by atoms with Gasteiger partial charge in [0.2, 0.25) is 11.1 Å². The SMILES string of the molecule is O=c1c2ccccc2oc2ccc(-c3ccc(-n4c5ccccc5c5cc6c(cc54)oc4ncccc46)cc3)cc12. The average Bonchev–Trinajstić information content (AvgIpc) is 3.55. The molecule has 0 amide bonds. The molecule has 9 aromatic rings. The smallest absolute Gasteiger partial charge is 0.227 e. The lowest BCUT2D eigenvalue weighted by molar-refractivity contribution is 0.654. The minimum Gasteiger partial charge on any atom is -0.456 e. The summed E-state index contributed by atoms with van der Waals surface area (Å²) in [5, 5.41) is 5.60. The highest BCUT2D eigenvalue weighted by atomic mass is 16.3. The maximum atomic E-state index is 13.2. The number of benzene rings is 5. The predicted molar refractivity (Wildman–Crippen MR) is 165 cm³/mol. The van der Waals surface area contributed by atoms with Gasteiger partial charge in [0.1, 0.15) is 16.7 Å². The number of rotatable bonds is 2. The van der Waals surface area contributed by atoms with Gasteiger partial charge >= 0.3 is 0 Å². The summed E-state index contributed by atoms with van der Waals surface area (Å²) in [7, 11) is 0. The highest BCUT2D eigenvalue weighted by Crippen LogP contribution is 2.38. The molecule has 0 fully saturated rings. The number of nitrogens with zero attached hydrogens (tertiary/aromatic N) is 2. The second-order valence-corrected chi connectivity index (χ2v) is 10.4. The van der Waals surface area contributed by atoms with Crippen LogP contribution in [-0.4, -0.2) is 9.55 Å². The van der Waals surface area contributed by atoms with E-state index in [0.717, 1.165) is 49.6 Å². The van der Waals surface area contributed by atoms with Gasteiger partial charge in [-0.25, -0.2) is 4.98 Å². The van der Waals surface area contributed by atoms with Crippen molar-refractivity contribution >= 4 is 65.8 Å². The molecule has 0 saturated heterocycles. The topological polar surface area (TPSA) is 61.2 Å². The lowest BCUT2D eigenvalue weighted by Crippen LogP contribution is -2.02. The van der Waals surface area contributed by atoms with Crippen molar-refractivity contribution in [1.29, 1.82) is 0 Å². The molecule has 4 aromatic heterocycles. The van der Waals surface area contributed by atoms with Crippen molar-refractivity contribution in [3.05, 3.63) is 132 Å². The van der Waals surface area contributed by atoms with Gasteiger partial charge in [0.05, 0.1) is 21.8 Å². The number of hydrogen-bond acceptors (Lipinski definition) is 4. The molecule has 5 nitrogen and oxygen atoms in total. The molecule has 0 aliphatic heterocycles. The first kappa shape index (κ1) is 22.2. The van der Waals surface area contributed by atoms with Crippen molar-refractivity contribution in [3.63, 3.8) is 0 Å². The number of furan rings is 1. The minimum absolute atomic E-state index is 0.0160. The maximum absolute atomic E-state index is 13.2. The van der Waals surface area contributed by atoms with Crippen LogP contribution in [0.3, 0.4) is 0 Å². The molecule has 9 rings (SSSR count). The molecule has 0 bridgehead atoms. The van der Waals surface area contributed by atoms with Gasteiger partial charge < -0.3 is 13.4 Å². The molecule has 5 aromatic carbocycles. The molecule has 0 N–H and O–H groups in total. The Bertz CT molecular complexity index is 2550. The first-order chi connectivity index (χ1) is 20.2. The van der Waals surface area contributed by atoms with Gasteiger partial charge in [0.25, 0.3) is 0 Å². The van der Waals surface area contributed by atoms with Crippen LogP contribution in [0.4, 0.5) is 0 Å². The molecule has 0 unspecified atom stereocenters. The van der Waals surface area contributed by atoms with Gasteiger partial charge in [-0.3, -0.25) is 4.79 Å². The molecular formula is C36H20N2O3. The van der Waals surface area contributed by atoms with Crippen LogP contribution in [0.5, 0.6) is 0 Å². The second kappa shape index (κ2) is 8.16. The number of para-hydroxylation sites is 2. The Balaban J connectivity index is 1.22. The third-order valence-corrected chi connectivity index (χ3v) is 8.08.